The highest BCUT2D eigenvalue weighted by Gasteiger charge is 2.17. The standard InChI is InChI=1S/C22H21ClN2O4/c23-16-9-11-17(12-10-16)24-22(28)18-7-3-4-8-19(18)25-20(26)14-29-21(27)13-15-5-1-2-6-15/h1,3-5,7-12,15H,2,6,13-14H2,(H,24,28)(H,25,26)/t15-/m1/s1. The maximum Gasteiger partial charge on any atom is 0.306 e. The van der Waals surface area contributed by atoms with Crippen LogP contribution in [0.2, 0.25) is 5.02 Å². The SMILES string of the molecule is O=C(COC(=O)C[C@@H]1C=CCC1)Nc1ccccc1C(=O)Nc1ccc(Cl)cc1. The predicted molar refractivity (Wildman–Crippen MR) is 112 cm³/mol. The van der Waals surface area contributed by atoms with Gasteiger partial charge in [0, 0.05) is 10.7 Å². The molecule has 29 heavy (non-hydrogen) atoms. The highest BCUT2D eigenvalue weighted by Crippen LogP contribution is 2.21. The van der Waals surface area contributed by atoms with Crippen molar-refractivity contribution < 1.29 is 19.1 Å². The first-order valence-electron chi connectivity index (χ1n) is 9.29. The van der Waals surface area contributed by atoms with E-state index in [1.807, 2.05) is 12.2 Å². The van der Waals surface area contributed by atoms with E-state index >= 15 is 0 Å². The number of ether oxygens (including phenoxy) is 1. The Bertz CT molecular complexity index is 925. The summed E-state index contributed by atoms with van der Waals surface area (Å²) in [5.41, 5.74) is 1.20. The molecule has 7 heteroatoms. The van der Waals surface area contributed by atoms with Gasteiger partial charge in [0.05, 0.1) is 17.7 Å². The van der Waals surface area contributed by atoms with Crippen LogP contribution in [0.25, 0.3) is 0 Å². The van der Waals surface area contributed by atoms with Crippen LogP contribution in [-0.4, -0.2) is 24.4 Å². The number of esters is 1. The van der Waals surface area contributed by atoms with E-state index in [4.69, 9.17) is 16.3 Å². The van der Waals surface area contributed by atoms with Gasteiger partial charge in [0.2, 0.25) is 0 Å². The van der Waals surface area contributed by atoms with E-state index in [2.05, 4.69) is 10.6 Å². The van der Waals surface area contributed by atoms with Gasteiger partial charge in [0.25, 0.3) is 11.8 Å². The predicted octanol–water partition coefficient (Wildman–Crippen LogP) is 4.43. The summed E-state index contributed by atoms with van der Waals surface area (Å²) in [6.45, 7) is -0.400. The molecule has 1 atom stereocenters. The van der Waals surface area contributed by atoms with Crippen molar-refractivity contribution in [2.75, 3.05) is 17.2 Å². The van der Waals surface area contributed by atoms with Gasteiger partial charge in [-0.15, -0.1) is 0 Å². The average Bonchev–Trinajstić information content (AvgIpc) is 3.21. The largest absolute Gasteiger partial charge is 0.456 e. The van der Waals surface area contributed by atoms with Crippen LogP contribution in [0.3, 0.4) is 0 Å². The van der Waals surface area contributed by atoms with Crippen molar-refractivity contribution in [3.63, 3.8) is 0 Å². The van der Waals surface area contributed by atoms with Crippen LogP contribution in [0.4, 0.5) is 11.4 Å². The van der Waals surface area contributed by atoms with Crippen LogP contribution in [0.1, 0.15) is 29.6 Å². The van der Waals surface area contributed by atoms with Gasteiger partial charge in [-0.3, -0.25) is 14.4 Å². The molecule has 1 aliphatic carbocycles. The molecule has 0 radical (unpaired) electrons. The number of para-hydroxylation sites is 1. The zero-order chi connectivity index (χ0) is 20.6. The lowest BCUT2D eigenvalue weighted by Gasteiger charge is -2.12. The van der Waals surface area contributed by atoms with Crippen LogP contribution in [0, 0.1) is 5.92 Å². The maximum absolute atomic E-state index is 12.6. The molecule has 0 fully saturated rings. The zero-order valence-corrected chi connectivity index (χ0v) is 16.4. The number of carbonyl (C=O) groups is 3. The molecule has 0 unspecified atom stereocenters. The van der Waals surface area contributed by atoms with E-state index < -0.39 is 18.5 Å². The van der Waals surface area contributed by atoms with Gasteiger partial charge in [-0.1, -0.05) is 35.9 Å². The Morgan fingerprint density at radius 1 is 1.03 bits per heavy atom. The second-order valence-corrected chi connectivity index (χ2v) is 7.12. The number of benzene rings is 2. The smallest absolute Gasteiger partial charge is 0.306 e. The summed E-state index contributed by atoms with van der Waals surface area (Å²) in [6, 6.07) is 13.3. The van der Waals surface area contributed by atoms with Crippen molar-refractivity contribution in [2.24, 2.45) is 5.92 Å². The van der Waals surface area contributed by atoms with Gasteiger partial charge in [-0.2, -0.15) is 0 Å². The fourth-order valence-electron chi connectivity index (χ4n) is 2.99. The molecule has 1 aliphatic rings. The van der Waals surface area contributed by atoms with E-state index in [0.29, 0.717) is 22.0 Å². The number of anilines is 2. The first-order chi connectivity index (χ1) is 14.0. The molecule has 0 saturated carbocycles. The summed E-state index contributed by atoms with van der Waals surface area (Å²) in [6.07, 6.45) is 6.20. The number of hydrogen-bond acceptors (Lipinski definition) is 4. The minimum absolute atomic E-state index is 0.183. The van der Waals surface area contributed by atoms with E-state index in [0.717, 1.165) is 12.8 Å². The van der Waals surface area contributed by atoms with Crippen LogP contribution in [0.15, 0.2) is 60.7 Å². The van der Waals surface area contributed by atoms with Crippen LogP contribution >= 0.6 is 11.6 Å². The minimum Gasteiger partial charge on any atom is -0.456 e. The molecule has 2 N–H and O–H groups in total. The molecular formula is C22H21ClN2O4. The highest BCUT2D eigenvalue weighted by atomic mass is 35.5. The second kappa shape index (κ2) is 9.89. The Labute approximate surface area is 173 Å². The van der Waals surface area contributed by atoms with Crippen LogP contribution in [0.5, 0.6) is 0 Å². The Balaban J connectivity index is 1.55. The van der Waals surface area contributed by atoms with Crippen molar-refractivity contribution >= 4 is 40.8 Å². The van der Waals surface area contributed by atoms with Crippen molar-refractivity contribution in [3.8, 4) is 0 Å². The number of nitrogens with one attached hydrogen (secondary N) is 2. The monoisotopic (exact) mass is 412 g/mol. The topological polar surface area (TPSA) is 84.5 Å². The molecule has 3 rings (SSSR count). The van der Waals surface area contributed by atoms with Gasteiger partial charge in [0.1, 0.15) is 0 Å². The summed E-state index contributed by atoms with van der Waals surface area (Å²) in [5, 5.41) is 5.94. The van der Waals surface area contributed by atoms with Crippen molar-refractivity contribution in [3.05, 3.63) is 71.3 Å². The van der Waals surface area contributed by atoms with E-state index in [1.54, 1.807) is 48.5 Å². The molecule has 0 bridgehead atoms. The van der Waals surface area contributed by atoms with Crippen LogP contribution < -0.4 is 10.6 Å². The number of hydrogen-bond donors (Lipinski definition) is 2. The first kappa shape index (κ1) is 20.6. The third-order valence-electron chi connectivity index (χ3n) is 4.45. The van der Waals surface area contributed by atoms with E-state index in [9.17, 15) is 14.4 Å². The third kappa shape index (κ3) is 6.19. The summed E-state index contributed by atoms with van der Waals surface area (Å²) in [7, 11) is 0. The lowest BCUT2D eigenvalue weighted by Crippen LogP contribution is -2.23. The first-order valence-corrected chi connectivity index (χ1v) is 9.67. The van der Waals surface area contributed by atoms with E-state index in [1.165, 1.54) is 0 Å². The molecule has 150 valence electrons. The Morgan fingerprint density at radius 3 is 2.52 bits per heavy atom. The van der Waals surface area contributed by atoms with Gasteiger partial charge < -0.3 is 15.4 Å². The molecule has 0 aromatic heterocycles. The van der Waals surface area contributed by atoms with Gasteiger partial charge in [-0.05, 0) is 55.2 Å². The van der Waals surface area contributed by atoms with Crippen molar-refractivity contribution in [1.82, 2.24) is 0 Å². The lowest BCUT2D eigenvalue weighted by molar-refractivity contribution is -0.147. The molecule has 6 nitrogen and oxygen atoms in total. The zero-order valence-electron chi connectivity index (χ0n) is 15.7. The number of amides is 2. The molecule has 2 aromatic carbocycles. The number of allylic oxidation sites excluding steroid dienone is 2. The maximum atomic E-state index is 12.6. The molecule has 2 aromatic rings. The fraction of sp³-hybridized carbons (Fsp3) is 0.227. The summed E-state index contributed by atoms with van der Waals surface area (Å²) >= 11 is 5.85. The van der Waals surface area contributed by atoms with Crippen LogP contribution in [-0.2, 0) is 14.3 Å². The highest BCUT2D eigenvalue weighted by molar-refractivity contribution is 6.30. The molecule has 0 spiro atoms. The van der Waals surface area contributed by atoms with E-state index in [-0.39, 0.29) is 18.2 Å². The molecule has 0 heterocycles. The number of halogens is 1. The summed E-state index contributed by atoms with van der Waals surface area (Å²) in [5.74, 6) is -1.12. The third-order valence-corrected chi connectivity index (χ3v) is 4.71. The second-order valence-electron chi connectivity index (χ2n) is 6.69. The molecule has 0 aliphatic heterocycles. The Hall–Kier alpha value is -3.12. The molecule has 2 amide bonds. The quantitative estimate of drug-likeness (QED) is 0.520. The fourth-order valence-corrected chi connectivity index (χ4v) is 3.12. The number of carbonyl (C=O) groups excluding carboxylic acids is 3. The summed E-state index contributed by atoms with van der Waals surface area (Å²) in [4.78, 5) is 36.6. The van der Waals surface area contributed by atoms with Gasteiger partial charge in [-0.25, -0.2) is 0 Å². The average molecular weight is 413 g/mol. The van der Waals surface area contributed by atoms with Crippen molar-refractivity contribution in [2.45, 2.75) is 19.3 Å². The molecular weight excluding hydrogens is 392 g/mol. The normalized spacial score (nSPS) is 15.0. The molecule has 0 saturated heterocycles. The van der Waals surface area contributed by atoms with Crippen molar-refractivity contribution in [1.29, 1.82) is 0 Å². The number of rotatable bonds is 7. The van der Waals surface area contributed by atoms with Gasteiger partial charge >= 0.3 is 5.97 Å². The lowest BCUT2D eigenvalue weighted by atomic mass is 10.1. The minimum atomic E-state index is -0.507. The van der Waals surface area contributed by atoms with Gasteiger partial charge in [0.15, 0.2) is 6.61 Å². The summed E-state index contributed by atoms with van der Waals surface area (Å²) < 4.78 is 5.05. The Kier molecular flexibility index (Phi) is 7.03. The Morgan fingerprint density at radius 2 is 1.79 bits per heavy atom.